The molecule has 1 aromatic heterocycles. The van der Waals surface area contributed by atoms with Gasteiger partial charge in [-0.2, -0.15) is 4.98 Å². The summed E-state index contributed by atoms with van der Waals surface area (Å²) in [6.07, 6.45) is 0. The molecule has 0 amide bonds. The minimum atomic E-state index is 0.279. The molecular formula is C20H20N4O2. The van der Waals surface area contributed by atoms with Gasteiger partial charge in [0, 0.05) is 24.0 Å². The molecule has 2 aromatic carbocycles. The first-order valence-electron chi connectivity index (χ1n) is 8.47. The summed E-state index contributed by atoms with van der Waals surface area (Å²) in [5.41, 5.74) is 4.17. The normalized spacial score (nSPS) is 12.1. The highest BCUT2D eigenvalue weighted by Gasteiger charge is 2.13. The molecule has 0 saturated carbocycles. The average molecular weight is 348 g/mol. The van der Waals surface area contributed by atoms with Crippen LogP contribution in [0.25, 0.3) is 0 Å². The molecular weight excluding hydrogens is 328 g/mol. The molecule has 0 radical (unpaired) electrons. The van der Waals surface area contributed by atoms with E-state index in [0.29, 0.717) is 12.5 Å². The molecule has 0 aliphatic carbocycles. The average Bonchev–Trinajstić information content (AvgIpc) is 3.07. The van der Waals surface area contributed by atoms with Gasteiger partial charge >= 0.3 is 0 Å². The molecule has 6 heteroatoms. The molecule has 2 heterocycles. The lowest BCUT2D eigenvalue weighted by Gasteiger charge is -2.11. The van der Waals surface area contributed by atoms with Gasteiger partial charge in [-0.05, 0) is 49.2 Å². The Labute approximate surface area is 152 Å². The van der Waals surface area contributed by atoms with Crippen LogP contribution in [0.4, 0.5) is 17.5 Å². The van der Waals surface area contributed by atoms with E-state index in [1.54, 1.807) is 0 Å². The highest BCUT2D eigenvalue weighted by atomic mass is 16.7. The van der Waals surface area contributed by atoms with Crippen LogP contribution in [0.3, 0.4) is 0 Å². The Bertz CT molecular complexity index is 943. The molecule has 0 bridgehead atoms. The number of aromatic nitrogens is 2. The fraction of sp³-hybridized carbons (Fsp3) is 0.200. The summed E-state index contributed by atoms with van der Waals surface area (Å²) in [6, 6.07) is 16.0. The van der Waals surface area contributed by atoms with E-state index >= 15 is 0 Å². The van der Waals surface area contributed by atoms with Gasteiger partial charge < -0.3 is 20.1 Å². The zero-order valence-electron chi connectivity index (χ0n) is 14.7. The van der Waals surface area contributed by atoms with Crippen LogP contribution in [0, 0.1) is 13.8 Å². The summed E-state index contributed by atoms with van der Waals surface area (Å²) < 4.78 is 10.8. The fourth-order valence-corrected chi connectivity index (χ4v) is 2.81. The molecule has 3 aromatic rings. The van der Waals surface area contributed by atoms with Gasteiger partial charge in [-0.1, -0.05) is 18.2 Å². The van der Waals surface area contributed by atoms with Gasteiger partial charge in [0.2, 0.25) is 12.7 Å². The van der Waals surface area contributed by atoms with Crippen molar-refractivity contribution < 1.29 is 9.47 Å². The van der Waals surface area contributed by atoms with Gasteiger partial charge in [0.05, 0.1) is 0 Å². The maximum atomic E-state index is 5.41. The predicted molar refractivity (Wildman–Crippen MR) is 101 cm³/mol. The first-order valence-corrected chi connectivity index (χ1v) is 8.47. The molecule has 132 valence electrons. The number of ether oxygens (including phenoxy) is 2. The maximum absolute atomic E-state index is 5.41. The Morgan fingerprint density at radius 1 is 0.962 bits per heavy atom. The van der Waals surface area contributed by atoms with Crippen LogP contribution in [-0.2, 0) is 6.54 Å². The molecule has 1 aliphatic heterocycles. The summed E-state index contributed by atoms with van der Waals surface area (Å²) in [5, 5.41) is 6.60. The second-order valence-corrected chi connectivity index (χ2v) is 6.25. The summed E-state index contributed by atoms with van der Waals surface area (Å²) in [4.78, 5) is 9.02. The number of rotatable bonds is 5. The summed E-state index contributed by atoms with van der Waals surface area (Å²) in [5.74, 6) is 2.90. The van der Waals surface area contributed by atoms with Crippen molar-refractivity contribution in [2.45, 2.75) is 20.4 Å². The van der Waals surface area contributed by atoms with Crippen LogP contribution in [0.15, 0.2) is 48.5 Å². The first-order chi connectivity index (χ1) is 12.7. The van der Waals surface area contributed by atoms with E-state index in [4.69, 9.17) is 9.47 Å². The third-order valence-electron chi connectivity index (χ3n) is 4.03. The van der Waals surface area contributed by atoms with Crippen LogP contribution < -0.4 is 20.1 Å². The Morgan fingerprint density at radius 3 is 2.73 bits per heavy atom. The van der Waals surface area contributed by atoms with Gasteiger partial charge in [-0.3, -0.25) is 0 Å². The van der Waals surface area contributed by atoms with E-state index in [1.165, 1.54) is 5.56 Å². The van der Waals surface area contributed by atoms with Gasteiger partial charge in [-0.25, -0.2) is 4.98 Å². The van der Waals surface area contributed by atoms with Crippen molar-refractivity contribution in [3.8, 4) is 11.5 Å². The molecule has 2 N–H and O–H groups in total. The number of fused-ring (bicyclic) bond motifs is 1. The van der Waals surface area contributed by atoms with Crippen molar-refractivity contribution in [3.63, 3.8) is 0 Å². The number of nitrogens with one attached hydrogen (secondary N) is 2. The lowest BCUT2D eigenvalue weighted by Crippen LogP contribution is -2.06. The third-order valence-corrected chi connectivity index (χ3v) is 4.03. The van der Waals surface area contributed by atoms with E-state index in [2.05, 4.69) is 39.7 Å². The lowest BCUT2D eigenvalue weighted by atomic mass is 10.2. The molecule has 26 heavy (non-hydrogen) atoms. The second-order valence-electron chi connectivity index (χ2n) is 6.25. The van der Waals surface area contributed by atoms with Crippen molar-refractivity contribution in [2.75, 3.05) is 17.4 Å². The third kappa shape index (κ3) is 3.69. The minimum Gasteiger partial charge on any atom is -0.454 e. The van der Waals surface area contributed by atoms with Gasteiger partial charge in [0.15, 0.2) is 11.5 Å². The smallest absolute Gasteiger partial charge is 0.231 e. The van der Waals surface area contributed by atoms with Crippen LogP contribution in [0.5, 0.6) is 11.5 Å². The zero-order chi connectivity index (χ0) is 17.9. The molecule has 6 nitrogen and oxygen atoms in total. The van der Waals surface area contributed by atoms with Crippen molar-refractivity contribution in [1.29, 1.82) is 0 Å². The summed E-state index contributed by atoms with van der Waals surface area (Å²) >= 11 is 0. The summed E-state index contributed by atoms with van der Waals surface area (Å²) in [6.45, 7) is 4.90. The Hall–Kier alpha value is -3.28. The molecule has 0 fully saturated rings. The number of benzene rings is 2. The van der Waals surface area contributed by atoms with E-state index in [-0.39, 0.29) is 6.79 Å². The standard InChI is InChI=1S/C20H20N4O2/c1-13-4-3-5-16(8-13)23-19-9-14(2)22-20(24-19)21-11-15-6-7-17-18(10-15)26-12-25-17/h3-10H,11-12H2,1-2H3,(H2,21,22,23,24). The maximum Gasteiger partial charge on any atom is 0.231 e. The van der Waals surface area contributed by atoms with Crippen LogP contribution in [0.1, 0.15) is 16.8 Å². The molecule has 0 atom stereocenters. The van der Waals surface area contributed by atoms with Crippen molar-refractivity contribution >= 4 is 17.5 Å². The first kappa shape index (κ1) is 16.2. The zero-order valence-corrected chi connectivity index (χ0v) is 14.7. The predicted octanol–water partition coefficient (Wildman–Crippen LogP) is 4.18. The largest absolute Gasteiger partial charge is 0.454 e. The topological polar surface area (TPSA) is 68.3 Å². The SMILES string of the molecule is Cc1cccc(Nc2cc(C)nc(NCc3ccc4c(c3)OCO4)n2)c1. The number of nitrogens with zero attached hydrogens (tertiary/aromatic N) is 2. The van der Waals surface area contributed by atoms with Gasteiger partial charge in [-0.15, -0.1) is 0 Å². The molecule has 0 unspecified atom stereocenters. The number of hydrogen-bond donors (Lipinski definition) is 2. The van der Waals surface area contributed by atoms with Crippen molar-refractivity contribution in [3.05, 3.63) is 65.4 Å². The van der Waals surface area contributed by atoms with Crippen LogP contribution >= 0.6 is 0 Å². The monoisotopic (exact) mass is 348 g/mol. The number of anilines is 3. The number of hydrogen-bond acceptors (Lipinski definition) is 6. The fourth-order valence-electron chi connectivity index (χ4n) is 2.81. The Balaban J connectivity index is 1.47. The molecule has 0 spiro atoms. The second kappa shape index (κ2) is 6.92. The van der Waals surface area contributed by atoms with Crippen LogP contribution in [0.2, 0.25) is 0 Å². The lowest BCUT2D eigenvalue weighted by molar-refractivity contribution is 0.174. The van der Waals surface area contributed by atoms with E-state index in [0.717, 1.165) is 34.3 Å². The highest BCUT2D eigenvalue weighted by molar-refractivity contribution is 5.58. The van der Waals surface area contributed by atoms with Crippen LogP contribution in [-0.4, -0.2) is 16.8 Å². The number of aryl methyl sites for hydroxylation is 2. The van der Waals surface area contributed by atoms with E-state index in [9.17, 15) is 0 Å². The summed E-state index contributed by atoms with van der Waals surface area (Å²) in [7, 11) is 0. The van der Waals surface area contributed by atoms with E-state index in [1.807, 2.05) is 43.3 Å². The van der Waals surface area contributed by atoms with Crippen molar-refractivity contribution in [1.82, 2.24) is 9.97 Å². The Kier molecular flexibility index (Phi) is 4.31. The molecule has 4 rings (SSSR count). The van der Waals surface area contributed by atoms with Gasteiger partial charge in [0.25, 0.3) is 0 Å². The minimum absolute atomic E-state index is 0.279. The quantitative estimate of drug-likeness (QED) is 0.721. The highest BCUT2D eigenvalue weighted by Crippen LogP contribution is 2.32. The van der Waals surface area contributed by atoms with E-state index < -0.39 is 0 Å². The molecule has 1 aliphatic rings. The van der Waals surface area contributed by atoms with Crippen molar-refractivity contribution in [2.24, 2.45) is 0 Å². The van der Waals surface area contributed by atoms with Gasteiger partial charge in [0.1, 0.15) is 5.82 Å². The molecule has 0 saturated heterocycles. The Morgan fingerprint density at radius 2 is 1.85 bits per heavy atom.